The van der Waals surface area contributed by atoms with Crippen molar-refractivity contribution in [1.82, 2.24) is 0 Å². The molecule has 11 heteroatoms. The smallest absolute Gasteiger partial charge is 0.278 e. The van der Waals surface area contributed by atoms with Crippen LogP contribution in [0.1, 0.15) is 6.42 Å². The lowest BCUT2D eigenvalue weighted by molar-refractivity contribution is -0.319. The first kappa shape index (κ1) is 19.9. The number of halogens is 3. The normalized spacial score (nSPS) is 51.1. The van der Waals surface area contributed by atoms with Crippen molar-refractivity contribution < 1.29 is 39.7 Å². The Morgan fingerprint density at radius 1 is 1.13 bits per heavy atom. The molecule has 0 spiro atoms. The van der Waals surface area contributed by atoms with E-state index in [1.165, 1.54) is 0 Å². The van der Waals surface area contributed by atoms with E-state index in [1.807, 2.05) is 0 Å². The van der Waals surface area contributed by atoms with Crippen molar-refractivity contribution in [3.63, 3.8) is 0 Å². The van der Waals surface area contributed by atoms with E-state index < -0.39 is 60.1 Å². The highest BCUT2D eigenvalue weighted by Gasteiger charge is 2.59. The van der Waals surface area contributed by atoms with Gasteiger partial charge in [-0.05, 0) is 0 Å². The molecule has 2 aliphatic heterocycles. The number of rotatable bonds is 5. The maximum Gasteiger partial charge on any atom is 0.278 e. The molecule has 0 aromatic carbocycles. The summed E-state index contributed by atoms with van der Waals surface area (Å²) in [5, 5.41) is 47.1. The molecular weight excluding hydrogens is 378 g/mol. The summed E-state index contributed by atoms with van der Waals surface area (Å²) in [6, 6.07) is 0. The molecule has 5 N–H and O–H groups in total. The van der Waals surface area contributed by atoms with Crippen LogP contribution in [0.3, 0.4) is 0 Å². The van der Waals surface area contributed by atoms with Crippen LogP contribution in [0.25, 0.3) is 0 Å². The zero-order chi connectivity index (χ0) is 17.4. The molecule has 2 heterocycles. The van der Waals surface area contributed by atoms with Crippen LogP contribution in [-0.4, -0.2) is 91.6 Å². The Labute approximate surface area is 147 Å². The highest BCUT2D eigenvalue weighted by atomic mass is 35.5. The lowest BCUT2D eigenvalue weighted by Gasteiger charge is -2.43. The van der Waals surface area contributed by atoms with E-state index in [0.717, 1.165) is 0 Å². The Hall–Kier alpha value is 0.550. The molecule has 2 saturated heterocycles. The average molecular weight is 398 g/mol. The number of ether oxygens (including phenoxy) is 3. The van der Waals surface area contributed by atoms with Crippen LogP contribution in [0.2, 0.25) is 0 Å². The number of hydrogen-bond acceptors (Lipinski definition) is 8. The number of aliphatic hydroxyl groups excluding tert-OH is 4. The first-order valence-electron chi connectivity index (χ1n) is 6.92. The molecule has 8 nitrogen and oxygen atoms in total. The highest BCUT2D eigenvalue weighted by molar-refractivity contribution is 6.22. The van der Waals surface area contributed by atoms with Crippen LogP contribution >= 0.6 is 34.8 Å². The fraction of sp³-hybridized carbons (Fsp3) is 1.00. The third kappa shape index (κ3) is 3.73. The standard InChI is InChI=1S/C12H19Cl3O8/c13-2-7-8(10(19)11(20,4-14)22-7)23-12(15)9(18)6(17)1-5(3-16)21-12/h5-10,16-20H,1-4H2/t5-,6-,7+,8+,9+,10-,11+,12-/m0/s1. The minimum absolute atomic E-state index is 0.0518. The van der Waals surface area contributed by atoms with Crippen molar-refractivity contribution >= 4 is 34.8 Å². The number of hydrogen-bond donors (Lipinski definition) is 5. The van der Waals surface area contributed by atoms with Gasteiger partial charge in [0.25, 0.3) is 5.25 Å². The van der Waals surface area contributed by atoms with Gasteiger partial charge in [0.1, 0.15) is 24.4 Å². The van der Waals surface area contributed by atoms with Gasteiger partial charge in [0.2, 0.25) is 5.79 Å². The summed E-state index contributed by atoms with van der Waals surface area (Å²) in [5.74, 6) is -2.73. The summed E-state index contributed by atoms with van der Waals surface area (Å²) >= 11 is 17.4. The first-order chi connectivity index (χ1) is 10.7. The molecule has 8 atom stereocenters. The SMILES string of the molecule is OC[C@@H]1C[C@H](O)[C@@H](O)[C@@](Cl)(O[C@@H]2[C@@H](CCl)O[C@](O)(CCl)[C@H]2O)O1. The summed E-state index contributed by atoms with van der Waals surface area (Å²) in [6.07, 6.45) is -7.82. The van der Waals surface area contributed by atoms with Crippen LogP contribution in [-0.2, 0) is 14.2 Å². The third-order valence-corrected chi connectivity index (χ3v) is 4.98. The van der Waals surface area contributed by atoms with Crippen LogP contribution in [0.4, 0.5) is 0 Å². The van der Waals surface area contributed by atoms with Crippen LogP contribution in [0.5, 0.6) is 0 Å². The molecule has 0 saturated carbocycles. The Balaban J connectivity index is 2.20. The van der Waals surface area contributed by atoms with Gasteiger partial charge in [-0.2, -0.15) is 0 Å². The molecule has 0 unspecified atom stereocenters. The van der Waals surface area contributed by atoms with Crippen molar-refractivity contribution in [2.45, 2.75) is 54.1 Å². The van der Waals surface area contributed by atoms with E-state index >= 15 is 0 Å². The van der Waals surface area contributed by atoms with Crippen LogP contribution in [0.15, 0.2) is 0 Å². The second-order valence-electron chi connectivity index (χ2n) is 5.57. The van der Waals surface area contributed by atoms with E-state index in [1.54, 1.807) is 0 Å². The molecule has 0 aliphatic carbocycles. The van der Waals surface area contributed by atoms with E-state index in [2.05, 4.69) is 0 Å². The summed E-state index contributed by atoms with van der Waals surface area (Å²) in [6.45, 7) is -0.462. The Morgan fingerprint density at radius 3 is 2.30 bits per heavy atom. The predicted octanol–water partition coefficient (Wildman–Crippen LogP) is -1.31. The fourth-order valence-corrected chi connectivity index (χ4v) is 3.43. The van der Waals surface area contributed by atoms with Crippen molar-refractivity contribution in [2.24, 2.45) is 0 Å². The maximum atomic E-state index is 10.2. The lowest BCUT2D eigenvalue weighted by atomic mass is 10.0. The van der Waals surface area contributed by atoms with Crippen LogP contribution < -0.4 is 0 Å². The van der Waals surface area contributed by atoms with E-state index in [4.69, 9.17) is 49.0 Å². The average Bonchev–Trinajstić information content (AvgIpc) is 2.77. The Bertz CT molecular complexity index is 418. The van der Waals surface area contributed by atoms with E-state index in [9.17, 15) is 25.5 Å². The van der Waals surface area contributed by atoms with Crippen molar-refractivity contribution in [2.75, 3.05) is 18.4 Å². The zero-order valence-electron chi connectivity index (χ0n) is 11.9. The van der Waals surface area contributed by atoms with E-state index in [0.29, 0.717) is 0 Å². The molecule has 0 aromatic heterocycles. The minimum atomic E-state index is -2.26. The molecule has 0 amide bonds. The van der Waals surface area contributed by atoms with Gasteiger partial charge < -0.3 is 39.7 Å². The molecule has 2 rings (SSSR count). The second kappa shape index (κ2) is 7.43. The second-order valence-corrected chi connectivity index (χ2v) is 6.67. The topological polar surface area (TPSA) is 129 Å². The van der Waals surface area contributed by atoms with Crippen molar-refractivity contribution in [3.8, 4) is 0 Å². The minimum Gasteiger partial charge on any atom is -0.394 e. The molecule has 0 radical (unpaired) electrons. The van der Waals surface area contributed by atoms with Gasteiger partial charge in [-0.15, -0.1) is 23.2 Å². The van der Waals surface area contributed by atoms with Gasteiger partial charge in [0.15, 0.2) is 0 Å². The summed E-state index contributed by atoms with van der Waals surface area (Å²) in [4.78, 5) is 0. The largest absolute Gasteiger partial charge is 0.394 e. The van der Waals surface area contributed by atoms with Crippen molar-refractivity contribution in [1.29, 1.82) is 0 Å². The van der Waals surface area contributed by atoms with Crippen molar-refractivity contribution in [3.05, 3.63) is 0 Å². The zero-order valence-corrected chi connectivity index (χ0v) is 14.2. The third-order valence-electron chi connectivity index (χ3n) is 3.89. The molecule has 136 valence electrons. The Kier molecular flexibility index (Phi) is 6.42. The number of alkyl halides is 3. The Morgan fingerprint density at radius 2 is 1.78 bits per heavy atom. The summed E-state index contributed by atoms with van der Waals surface area (Å²) in [7, 11) is 0. The van der Waals surface area contributed by atoms with Gasteiger partial charge >= 0.3 is 0 Å². The van der Waals surface area contributed by atoms with Gasteiger partial charge in [0, 0.05) is 6.42 Å². The first-order valence-corrected chi connectivity index (χ1v) is 8.37. The number of aliphatic hydroxyl groups is 5. The van der Waals surface area contributed by atoms with E-state index in [-0.39, 0.29) is 12.3 Å². The molecule has 0 bridgehead atoms. The highest BCUT2D eigenvalue weighted by Crippen LogP contribution is 2.40. The maximum absolute atomic E-state index is 10.2. The van der Waals surface area contributed by atoms with Crippen LogP contribution in [0, 0.1) is 0 Å². The molecule has 2 aliphatic rings. The summed E-state index contributed by atoms with van der Waals surface area (Å²) < 4.78 is 15.9. The molecule has 2 fully saturated rings. The molecule has 23 heavy (non-hydrogen) atoms. The monoisotopic (exact) mass is 396 g/mol. The quantitative estimate of drug-likeness (QED) is 0.362. The van der Waals surface area contributed by atoms with Gasteiger partial charge in [-0.1, -0.05) is 11.6 Å². The summed E-state index contributed by atoms with van der Waals surface area (Å²) in [5.41, 5.74) is 0. The predicted molar refractivity (Wildman–Crippen MR) is 79.3 cm³/mol. The van der Waals surface area contributed by atoms with Gasteiger partial charge in [0.05, 0.1) is 30.6 Å². The molecule has 0 aromatic rings. The lowest BCUT2D eigenvalue weighted by Crippen LogP contribution is -2.60. The van der Waals surface area contributed by atoms with Gasteiger partial charge in [-0.25, -0.2) is 0 Å². The van der Waals surface area contributed by atoms with Gasteiger partial charge in [-0.3, -0.25) is 0 Å². The fourth-order valence-electron chi connectivity index (χ4n) is 2.60. The molecular formula is C12H19Cl3O8.